The molecule has 5 heteroatoms. The molecule has 0 aromatic heterocycles. The van der Waals surface area contributed by atoms with Crippen molar-refractivity contribution in [2.24, 2.45) is 44.8 Å². The van der Waals surface area contributed by atoms with Crippen LogP contribution in [0.2, 0.25) is 0 Å². The maximum absolute atomic E-state index is 11.7. The van der Waals surface area contributed by atoms with Gasteiger partial charge >= 0.3 is 0 Å². The van der Waals surface area contributed by atoms with E-state index in [2.05, 4.69) is 34.6 Å². The van der Waals surface area contributed by atoms with Crippen molar-refractivity contribution >= 4 is 0 Å². The Morgan fingerprint density at radius 1 is 0.771 bits per heavy atom. The van der Waals surface area contributed by atoms with Crippen LogP contribution in [0.3, 0.4) is 0 Å². The normalized spacial score (nSPS) is 60.9. The maximum Gasteiger partial charge on any atom is 0.0865 e. The summed E-state index contributed by atoms with van der Waals surface area (Å²) in [5, 5.41) is 45.0. The molecule has 0 radical (unpaired) electrons. The zero-order valence-corrected chi connectivity index (χ0v) is 23.1. The molecule has 6 fully saturated rings. The van der Waals surface area contributed by atoms with Gasteiger partial charge in [-0.1, -0.05) is 27.7 Å². The molecule has 5 nitrogen and oxygen atoms in total. The fourth-order valence-corrected chi connectivity index (χ4v) is 12.1. The van der Waals surface area contributed by atoms with E-state index in [1.165, 1.54) is 6.42 Å². The van der Waals surface area contributed by atoms with Crippen molar-refractivity contribution in [1.82, 2.24) is 0 Å². The molecule has 4 N–H and O–H groups in total. The van der Waals surface area contributed by atoms with Gasteiger partial charge in [0.05, 0.1) is 35.6 Å². The second-order valence-corrected chi connectivity index (χ2v) is 15.9. The monoisotopic (exact) mass is 490 g/mol. The van der Waals surface area contributed by atoms with E-state index < -0.39 is 23.4 Å². The number of fused-ring (bicyclic) bond motifs is 2. The maximum atomic E-state index is 11.7. The van der Waals surface area contributed by atoms with Gasteiger partial charge in [0, 0.05) is 5.92 Å². The van der Waals surface area contributed by atoms with Gasteiger partial charge in [-0.2, -0.15) is 0 Å². The van der Waals surface area contributed by atoms with Crippen LogP contribution < -0.4 is 0 Å². The number of hydrogen-bond donors (Lipinski definition) is 4. The van der Waals surface area contributed by atoms with Crippen LogP contribution in [0.5, 0.6) is 0 Å². The summed E-state index contributed by atoms with van der Waals surface area (Å²) in [6.07, 6.45) is 7.18. The third-order valence-corrected chi connectivity index (χ3v) is 13.8. The zero-order chi connectivity index (χ0) is 25.6. The highest BCUT2D eigenvalue weighted by Crippen LogP contribution is 2.89. The van der Waals surface area contributed by atoms with Gasteiger partial charge in [-0.15, -0.1) is 0 Å². The lowest BCUT2D eigenvalue weighted by atomic mass is 9.41. The summed E-state index contributed by atoms with van der Waals surface area (Å²) in [7, 11) is 0. The third kappa shape index (κ3) is 2.78. The molecule has 5 saturated carbocycles. The first-order valence-electron chi connectivity index (χ1n) is 14.4. The summed E-state index contributed by atoms with van der Waals surface area (Å²) in [5.41, 5.74) is -1.35. The molecule has 1 saturated heterocycles. The minimum atomic E-state index is -0.886. The minimum absolute atomic E-state index is 0.0267. The van der Waals surface area contributed by atoms with Crippen molar-refractivity contribution in [3.8, 4) is 0 Å². The quantitative estimate of drug-likeness (QED) is 0.460. The molecule has 6 rings (SSSR count). The lowest BCUT2D eigenvalue weighted by Crippen LogP contribution is -2.62. The summed E-state index contributed by atoms with van der Waals surface area (Å²) in [4.78, 5) is 0. The standard InChI is InChI=1S/C30H50O5/c1-24(2)20(33)8-11-30-16-29(30)13-12-26(5)23(28(7)10-9-21(35-28)25(3,4)34)18(32)15-27(26,6)19(29)14-17(31)22(24)30/h17-23,31-34H,8-16H2,1-7H3/t17-,18-,19-,20-,21+,22-,23-,26+,27-,28-,29?,30+/m0/s1. The Bertz CT molecular complexity index is 911. The number of aliphatic hydroxyl groups is 4. The van der Waals surface area contributed by atoms with Crippen molar-refractivity contribution in [3.05, 3.63) is 0 Å². The van der Waals surface area contributed by atoms with E-state index in [9.17, 15) is 20.4 Å². The van der Waals surface area contributed by atoms with E-state index in [0.29, 0.717) is 5.92 Å². The fourth-order valence-electron chi connectivity index (χ4n) is 12.1. The largest absolute Gasteiger partial charge is 0.393 e. The van der Waals surface area contributed by atoms with E-state index >= 15 is 0 Å². The average Bonchev–Trinajstić information content (AvgIpc) is 3.08. The van der Waals surface area contributed by atoms with Gasteiger partial charge in [0.1, 0.15) is 0 Å². The molecule has 35 heavy (non-hydrogen) atoms. The molecule has 200 valence electrons. The lowest BCUT2D eigenvalue weighted by molar-refractivity contribution is -0.213. The summed E-state index contributed by atoms with van der Waals surface area (Å²) in [5.74, 6) is 0.577. The molecule has 6 aliphatic rings. The third-order valence-electron chi connectivity index (χ3n) is 13.8. The fraction of sp³-hybridized carbons (Fsp3) is 1.00. The minimum Gasteiger partial charge on any atom is -0.393 e. The van der Waals surface area contributed by atoms with Crippen LogP contribution in [0, 0.1) is 44.8 Å². The van der Waals surface area contributed by atoms with Crippen molar-refractivity contribution in [2.45, 2.75) is 142 Å². The highest BCUT2D eigenvalue weighted by atomic mass is 16.5. The predicted octanol–water partition coefficient (Wildman–Crippen LogP) is 4.44. The number of ether oxygens (including phenoxy) is 1. The van der Waals surface area contributed by atoms with Gasteiger partial charge in [-0.25, -0.2) is 0 Å². The summed E-state index contributed by atoms with van der Waals surface area (Å²) in [6.45, 7) is 15.0. The second kappa shape index (κ2) is 6.86. The van der Waals surface area contributed by atoms with Crippen molar-refractivity contribution in [3.63, 3.8) is 0 Å². The summed E-state index contributed by atoms with van der Waals surface area (Å²) in [6, 6.07) is 0. The Morgan fingerprint density at radius 2 is 1.46 bits per heavy atom. The van der Waals surface area contributed by atoms with E-state index in [0.717, 1.165) is 51.4 Å². The van der Waals surface area contributed by atoms with Gasteiger partial charge in [0.25, 0.3) is 0 Å². The van der Waals surface area contributed by atoms with E-state index in [-0.39, 0.29) is 51.1 Å². The number of hydrogen-bond acceptors (Lipinski definition) is 5. The first kappa shape index (κ1) is 25.1. The first-order valence-corrected chi connectivity index (χ1v) is 14.4. The molecule has 5 aliphatic carbocycles. The van der Waals surface area contributed by atoms with Crippen LogP contribution in [0.1, 0.15) is 106 Å². The van der Waals surface area contributed by atoms with Crippen molar-refractivity contribution < 1.29 is 25.2 Å². The van der Waals surface area contributed by atoms with Gasteiger partial charge in [0.2, 0.25) is 0 Å². The van der Waals surface area contributed by atoms with E-state index in [1.807, 2.05) is 13.8 Å². The Labute approximate surface area is 212 Å². The van der Waals surface area contributed by atoms with E-state index in [4.69, 9.17) is 4.74 Å². The summed E-state index contributed by atoms with van der Waals surface area (Å²) >= 11 is 0. The highest BCUT2D eigenvalue weighted by Gasteiger charge is 2.84. The highest BCUT2D eigenvalue weighted by molar-refractivity contribution is 5.33. The van der Waals surface area contributed by atoms with Crippen LogP contribution >= 0.6 is 0 Å². The molecule has 0 amide bonds. The Balaban J connectivity index is 1.37. The SMILES string of the molecule is CC(C)(O)[C@H]1CC[C@@](C)([C@H]2[C@@H](O)C[C@@]3(C)[C@@H]4C[C@H](O)[C@H]5C(C)(C)[C@@H](O)CC[C@@]56CC46CC[C@]23C)O1. The molecule has 0 aromatic carbocycles. The predicted molar refractivity (Wildman–Crippen MR) is 134 cm³/mol. The molecular weight excluding hydrogens is 440 g/mol. The van der Waals surface area contributed by atoms with E-state index in [1.54, 1.807) is 0 Å². The molecule has 2 spiro atoms. The van der Waals surface area contributed by atoms with Gasteiger partial charge < -0.3 is 25.2 Å². The number of aliphatic hydroxyl groups excluding tert-OH is 3. The van der Waals surface area contributed by atoms with Crippen molar-refractivity contribution in [2.75, 3.05) is 0 Å². The molecular formula is C30H50O5. The topological polar surface area (TPSA) is 90.2 Å². The van der Waals surface area contributed by atoms with Gasteiger partial charge in [0.15, 0.2) is 0 Å². The first-order chi connectivity index (χ1) is 16.0. The Morgan fingerprint density at radius 3 is 2.09 bits per heavy atom. The second-order valence-electron chi connectivity index (χ2n) is 15.9. The molecule has 0 aromatic rings. The Kier molecular flexibility index (Phi) is 4.92. The van der Waals surface area contributed by atoms with Crippen molar-refractivity contribution in [1.29, 1.82) is 0 Å². The van der Waals surface area contributed by atoms with Crippen LogP contribution in [-0.4, -0.2) is 56.0 Å². The molecule has 1 heterocycles. The lowest BCUT2D eigenvalue weighted by Gasteiger charge is -2.64. The van der Waals surface area contributed by atoms with Crippen LogP contribution in [0.4, 0.5) is 0 Å². The van der Waals surface area contributed by atoms with Crippen LogP contribution in [0.15, 0.2) is 0 Å². The van der Waals surface area contributed by atoms with Crippen LogP contribution in [0.25, 0.3) is 0 Å². The molecule has 12 atom stereocenters. The van der Waals surface area contributed by atoms with Gasteiger partial charge in [-0.3, -0.25) is 0 Å². The molecule has 1 aliphatic heterocycles. The van der Waals surface area contributed by atoms with Crippen LogP contribution in [-0.2, 0) is 4.74 Å². The van der Waals surface area contributed by atoms with Gasteiger partial charge in [-0.05, 0) is 117 Å². The average molecular weight is 491 g/mol. The number of rotatable bonds is 2. The summed E-state index contributed by atoms with van der Waals surface area (Å²) < 4.78 is 6.66. The molecule has 1 unspecified atom stereocenters. The Hall–Kier alpha value is -0.200. The zero-order valence-electron chi connectivity index (χ0n) is 23.1. The smallest absolute Gasteiger partial charge is 0.0865 e. The molecule has 0 bridgehead atoms.